The van der Waals surface area contributed by atoms with E-state index in [0.29, 0.717) is 21.9 Å². The minimum atomic E-state index is -0.654. The quantitative estimate of drug-likeness (QED) is 0.400. The molecule has 0 aliphatic heterocycles. The molecule has 0 fully saturated rings. The highest BCUT2D eigenvalue weighted by molar-refractivity contribution is 7.20. The zero-order valence-corrected chi connectivity index (χ0v) is 19.0. The fraction of sp³-hybridized carbons (Fsp3) is 0.160. The second kappa shape index (κ2) is 8.94. The maximum absolute atomic E-state index is 12.9. The van der Waals surface area contributed by atoms with E-state index < -0.39 is 12.1 Å². The van der Waals surface area contributed by atoms with E-state index in [0.717, 1.165) is 26.8 Å². The van der Waals surface area contributed by atoms with Crippen LogP contribution in [0.15, 0.2) is 67.0 Å². The van der Waals surface area contributed by atoms with Crippen molar-refractivity contribution in [3.63, 3.8) is 0 Å². The summed E-state index contributed by atoms with van der Waals surface area (Å²) in [6.45, 7) is 0.273. The molecule has 2 aromatic carbocycles. The summed E-state index contributed by atoms with van der Waals surface area (Å²) in [5.74, 6) is -0.483. The van der Waals surface area contributed by atoms with Crippen molar-refractivity contribution >= 4 is 44.8 Å². The molecule has 1 aliphatic carbocycles. The molecule has 0 saturated carbocycles. The molecule has 0 unspecified atom stereocenters. The molecule has 33 heavy (non-hydrogen) atoms. The third-order valence-electron chi connectivity index (χ3n) is 5.75. The Morgan fingerprint density at radius 1 is 1.09 bits per heavy atom. The van der Waals surface area contributed by atoms with E-state index in [1.807, 2.05) is 30.3 Å². The first kappa shape index (κ1) is 21.6. The number of halogens is 1. The molecule has 0 saturated heterocycles. The Hall–Kier alpha value is -3.26. The van der Waals surface area contributed by atoms with Crippen LogP contribution in [0.25, 0.3) is 10.1 Å². The first-order valence-electron chi connectivity index (χ1n) is 10.5. The number of hydrogen-bond donors (Lipinski definition) is 3. The van der Waals surface area contributed by atoms with E-state index in [1.165, 1.54) is 11.3 Å². The molecule has 0 radical (unpaired) electrons. The van der Waals surface area contributed by atoms with E-state index in [4.69, 9.17) is 11.6 Å². The SMILES string of the molecule is O=C(N[C@H]1c2ccccc2C[C@H]1O)c1cccc(CNC(=O)c2cc3c(Cl)cncc3s2)c1. The molecule has 1 aliphatic rings. The third kappa shape index (κ3) is 4.35. The monoisotopic (exact) mass is 477 g/mol. The molecule has 8 heteroatoms. The van der Waals surface area contributed by atoms with Gasteiger partial charge >= 0.3 is 0 Å². The predicted molar refractivity (Wildman–Crippen MR) is 129 cm³/mol. The number of aromatic nitrogens is 1. The second-order valence-corrected chi connectivity index (χ2v) is 9.44. The fourth-order valence-corrected chi connectivity index (χ4v) is 5.34. The van der Waals surface area contributed by atoms with Crippen LogP contribution < -0.4 is 10.6 Å². The van der Waals surface area contributed by atoms with Gasteiger partial charge in [0.25, 0.3) is 11.8 Å². The minimum Gasteiger partial charge on any atom is -0.390 e. The normalized spacial score (nSPS) is 17.0. The van der Waals surface area contributed by atoms with Gasteiger partial charge in [-0.15, -0.1) is 11.3 Å². The van der Waals surface area contributed by atoms with Crippen molar-refractivity contribution in [1.29, 1.82) is 0 Å². The molecule has 0 bridgehead atoms. The van der Waals surface area contributed by atoms with Gasteiger partial charge in [0.05, 0.1) is 26.7 Å². The largest absolute Gasteiger partial charge is 0.390 e. The summed E-state index contributed by atoms with van der Waals surface area (Å²) in [6, 6.07) is 16.1. The smallest absolute Gasteiger partial charge is 0.261 e. The number of fused-ring (bicyclic) bond motifs is 2. The zero-order valence-electron chi connectivity index (χ0n) is 17.4. The van der Waals surface area contributed by atoms with Crippen LogP contribution in [0, 0.1) is 0 Å². The van der Waals surface area contributed by atoms with Crippen molar-refractivity contribution < 1.29 is 14.7 Å². The molecular weight excluding hydrogens is 458 g/mol. The average Bonchev–Trinajstić information content (AvgIpc) is 3.40. The van der Waals surface area contributed by atoms with Gasteiger partial charge in [0, 0.05) is 36.3 Å². The molecule has 5 rings (SSSR count). The molecule has 166 valence electrons. The van der Waals surface area contributed by atoms with Crippen LogP contribution in [-0.4, -0.2) is 28.0 Å². The van der Waals surface area contributed by atoms with Gasteiger partial charge in [-0.1, -0.05) is 48.0 Å². The number of hydrogen-bond acceptors (Lipinski definition) is 5. The fourth-order valence-electron chi connectivity index (χ4n) is 4.10. The summed E-state index contributed by atoms with van der Waals surface area (Å²) < 4.78 is 0.849. The van der Waals surface area contributed by atoms with E-state index >= 15 is 0 Å². The molecular formula is C25H20ClN3O3S. The van der Waals surface area contributed by atoms with Crippen molar-refractivity contribution in [2.75, 3.05) is 0 Å². The van der Waals surface area contributed by atoms with Crippen LogP contribution in [0.2, 0.25) is 5.02 Å². The molecule has 2 aromatic heterocycles. The van der Waals surface area contributed by atoms with Crippen LogP contribution in [-0.2, 0) is 13.0 Å². The van der Waals surface area contributed by atoms with Crippen LogP contribution >= 0.6 is 22.9 Å². The summed E-state index contributed by atoms with van der Waals surface area (Å²) >= 11 is 7.48. The Labute approximate surface area is 199 Å². The highest BCUT2D eigenvalue weighted by atomic mass is 35.5. The third-order valence-corrected chi connectivity index (χ3v) is 7.12. The molecule has 0 spiro atoms. The van der Waals surface area contributed by atoms with Gasteiger partial charge in [-0.2, -0.15) is 0 Å². The Balaban J connectivity index is 1.26. The number of nitrogens with zero attached hydrogens (tertiary/aromatic N) is 1. The first-order chi connectivity index (χ1) is 16.0. The lowest BCUT2D eigenvalue weighted by Crippen LogP contribution is -2.34. The predicted octanol–water partition coefficient (Wildman–Crippen LogP) is 4.27. The lowest BCUT2D eigenvalue weighted by molar-refractivity contribution is 0.0858. The first-order valence-corrected chi connectivity index (χ1v) is 11.7. The summed E-state index contributed by atoms with van der Waals surface area (Å²) in [7, 11) is 0. The summed E-state index contributed by atoms with van der Waals surface area (Å²) in [6.07, 6.45) is 3.10. The molecule has 4 aromatic rings. The molecule has 2 amide bonds. The topological polar surface area (TPSA) is 91.3 Å². The number of amides is 2. The van der Waals surface area contributed by atoms with Gasteiger partial charge in [-0.05, 0) is 34.9 Å². The van der Waals surface area contributed by atoms with E-state index in [2.05, 4.69) is 15.6 Å². The summed E-state index contributed by atoms with van der Waals surface area (Å²) in [5, 5.41) is 17.6. The number of nitrogens with one attached hydrogen (secondary N) is 2. The van der Waals surface area contributed by atoms with Crippen molar-refractivity contribution in [3.05, 3.63) is 99.1 Å². The second-order valence-electron chi connectivity index (χ2n) is 7.95. The van der Waals surface area contributed by atoms with Crippen molar-refractivity contribution in [1.82, 2.24) is 15.6 Å². The summed E-state index contributed by atoms with van der Waals surface area (Å²) in [4.78, 5) is 30.1. The van der Waals surface area contributed by atoms with Crippen molar-refractivity contribution in [2.24, 2.45) is 0 Å². The summed E-state index contributed by atoms with van der Waals surface area (Å²) in [5.41, 5.74) is 3.26. The van der Waals surface area contributed by atoms with Crippen LogP contribution in [0.3, 0.4) is 0 Å². The number of pyridine rings is 1. The zero-order chi connectivity index (χ0) is 22.9. The van der Waals surface area contributed by atoms with Gasteiger partial charge in [0.1, 0.15) is 0 Å². The molecule has 6 nitrogen and oxygen atoms in total. The van der Waals surface area contributed by atoms with Gasteiger partial charge in [0.2, 0.25) is 0 Å². The highest BCUT2D eigenvalue weighted by Gasteiger charge is 2.32. The number of benzene rings is 2. The van der Waals surface area contributed by atoms with Gasteiger partial charge in [0.15, 0.2) is 0 Å². The number of aliphatic hydroxyl groups excluding tert-OH is 1. The number of carbonyl (C=O) groups is 2. The van der Waals surface area contributed by atoms with Crippen molar-refractivity contribution in [3.8, 4) is 0 Å². The molecule has 3 N–H and O–H groups in total. The Morgan fingerprint density at radius 3 is 2.79 bits per heavy atom. The molecule has 2 atom stereocenters. The number of carbonyl (C=O) groups excluding carboxylic acids is 2. The van der Waals surface area contributed by atoms with Crippen LogP contribution in [0.1, 0.15) is 42.8 Å². The highest BCUT2D eigenvalue weighted by Crippen LogP contribution is 2.32. The maximum Gasteiger partial charge on any atom is 0.261 e. The van der Waals surface area contributed by atoms with Gasteiger partial charge in [-0.25, -0.2) is 0 Å². The Kier molecular flexibility index (Phi) is 5.85. The molecule has 2 heterocycles. The standard InChI is InChI=1S/C25H20ClN3O3S/c26-19-12-27-13-22-18(19)10-21(33-22)25(32)28-11-14-4-3-6-16(8-14)24(31)29-23-17-7-2-1-5-15(17)9-20(23)30/h1-8,10,12-13,20,23,30H,9,11H2,(H,28,32)(H,29,31)/t20-,23+/m1/s1. The lowest BCUT2D eigenvalue weighted by Gasteiger charge is -2.18. The average molecular weight is 478 g/mol. The Morgan fingerprint density at radius 2 is 1.94 bits per heavy atom. The van der Waals surface area contributed by atoms with Crippen LogP contribution in [0.4, 0.5) is 0 Å². The van der Waals surface area contributed by atoms with E-state index in [-0.39, 0.29) is 18.4 Å². The Bertz CT molecular complexity index is 1370. The van der Waals surface area contributed by atoms with E-state index in [1.54, 1.807) is 36.7 Å². The van der Waals surface area contributed by atoms with Crippen LogP contribution in [0.5, 0.6) is 0 Å². The maximum atomic E-state index is 12.9. The van der Waals surface area contributed by atoms with Crippen molar-refractivity contribution in [2.45, 2.75) is 25.1 Å². The van der Waals surface area contributed by atoms with Gasteiger partial charge < -0.3 is 15.7 Å². The number of thiophene rings is 1. The number of aliphatic hydroxyl groups is 1. The van der Waals surface area contributed by atoms with Gasteiger partial charge in [-0.3, -0.25) is 14.6 Å². The minimum absolute atomic E-state index is 0.215. The number of rotatable bonds is 5. The van der Waals surface area contributed by atoms with E-state index in [9.17, 15) is 14.7 Å². The lowest BCUT2D eigenvalue weighted by atomic mass is 10.1.